The molecular formula is C14H30N2. The minimum atomic E-state index is 0.164. The number of hydrogen-bond donors (Lipinski definition) is 1. The highest BCUT2D eigenvalue weighted by Gasteiger charge is 2.32. The molecule has 1 aliphatic rings. The predicted molar refractivity (Wildman–Crippen MR) is 71.5 cm³/mol. The van der Waals surface area contributed by atoms with Crippen molar-refractivity contribution in [1.29, 1.82) is 0 Å². The van der Waals surface area contributed by atoms with Crippen molar-refractivity contribution in [3.05, 3.63) is 0 Å². The van der Waals surface area contributed by atoms with Crippen LogP contribution in [-0.2, 0) is 0 Å². The van der Waals surface area contributed by atoms with Crippen LogP contribution in [0.2, 0.25) is 0 Å². The third kappa shape index (κ3) is 3.21. The molecule has 0 spiro atoms. The van der Waals surface area contributed by atoms with Crippen LogP contribution in [0.1, 0.15) is 52.9 Å². The summed E-state index contributed by atoms with van der Waals surface area (Å²) in [5.41, 5.74) is 6.14. The molecule has 0 aromatic carbocycles. The fraction of sp³-hybridized carbons (Fsp3) is 1.00. The van der Waals surface area contributed by atoms with Crippen LogP contribution in [0.25, 0.3) is 0 Å². The van der Waals surface area contributed by atoms with Crippen LogP contribution in [0.5, 0.6) is 0 Å². The van der Waals surface area contributed by atoms with Crippen molar-refractivity contribution < 1.29 is 0 Å². The van der Waals surface area contributed by atoms with Crippen molar-refractivity contribution in [1.82, 2.24) is 4.90 Å². The van der Waals surface area contributed by atoms with E-state index in [1.807, 2.05) is 0 Å². The molecular weight excluding hydrogens is 196 g/mol. The van der Waals surface area contributed by atoms with Crippen LogP contribution in [0.3, 0.4) is 0 Å². The number of likely N-dealkylation sites (N-methyl/N-ethyl adjacent to an activating group) is 1. The molecule has 0 aromatic heterocycles. The van der Waals surface area contributed by atoms with E-state index in [0.29, 0.717) is 5.92 Å². The van der Waals surface area contributed by atoms with Gasteiger partial charge in [-0.3, -0.25) is 4.90 Å². The topological polar surface area (TPSA) is 29.3 Å². The minimum absolute atomic E-state index is 0.164. The average molecular weight is 226 g/mol. The van der Waals surface area contributed by atoms with Gasteiger partial charge in [0.05, 0.1) is 0 Å². The third-order valence-corrected chi connectivity index (χ3v) is 4.79. The zero-order valence-electron chi connectivity index (χ0n) is 11.6. The van der Waals surface area contributed by atoms with Crippen LogP contribution < -0.4 is 5.73 Å². The minimum Gasteiger partial charge on any atom is -0.329 e. The lowest BCUT2D eigenvalue weighted by Gasteiger charge is -2.43. The second kappa shape index (κ2) is 6.02. The van der Waals surface area contributed by atoms with Gasteiger partial charge in [0, 0.05) is 18.6 Å². The quantitative estimate of drug-likeness (QED) is 0.781. The highest BCUT2D eigenvalue weighted by molar-refractivity contribution is 4.89. The van der Waals surface area contributed by atoms with E-state index >= 15 is 0 Å². The monoisotopic (exact) mass is 226 g/mol. The molecule has 16 heavy (non-hydrogen) atoms. The summed E-state index contributed by atoms with van der Waals surface area (Å²) < 4.78 is 0. The van der Waals surface area contributed by atoms with Gasteiger partial charge < -0.3 is 5.73 Å². The molecule has 96 valence electrons. The molecule has 0 heterocycles. The summed E-state index contributed by atoms with van der Waals surface area (Å²) in [5.74, 6) is 1.52. The SMILES string of the molecule is CC(C)C(C)(CN)N(C)CC1CCCCC1. The highest BCUT2D eigenvalue weighted by atomic mass is 15.2. The van der Waals surface area contributed by atoms with Gasteiger partial charge in [0.25, 0.3) is 0 Å². The molecule has 1 rings (SSSR count). The fourth-order valence-corrected chi connectivity index (χ4v) is 2.80. The van der Waals surface area contributed by atoms with Gasteiger partial charge in [-0.1, -0.05) is 33.1 Å². The van der Waals surface area contributed by atoms with E-state index < -0.39 is 0 Å². The van der Waals surface area contributed by atoms with E-state index in [0.717, 1.165) is 12.5 Å². The summed E-state index contributed by atoms with van der Waals surface area (Å²) in [6, 6.07) is 0. The summed E-state index contributed by atoms with van der Waals surface area (Å²) in [6.45, 7) is 8.86. The van der Waals surface area contributed by atoms with Crippen LogP contribution in [0, 0.1) is 11.8 Å². The zero-order valence-corrected chi connectivity index (χ0v) is 11.6. The zero-order chi connectivity index (χ0) is 12.2. The Balaban J connectivity index is 2.51. The standard InChI is InChI=1S/C14H30N2/c1-12(2)14(3,11-15)16(4)10-13-8-6-5-7-9-13/h12-13H,5-11,15H2,1-4H3. The van der Waals surface area contributed by atoms with Crippen LogP contribution in [-0.4, -0.2) is 30.6 Å². The van der Waals surface area contributed by atoms with Crippen LogP contribution in [0.4, 0.5) is 0 Å². The van der Waals surface area contributed by atoms with E-state index in [4.69, 9.17) is 5.73 Å². The first-order valence-electron chi connectivity index (χ1n) is 6.92. The largest absolute Gasteiger partial charge is 0.329 e. The Kier molecular flexibility index (Phi) is 5.26. The maximum absolute atomic E-state index is 5.97. The Morgan fingerprint density at radius 2 is 1.81 bits per heavy atom. The summed E-state index contributed by atoms with van der Waals surface area (Å²) in [5, 5.41) is 0. The summed E-state index contributed by atoms with van der Waals surface area (Å²) in [4.78, 5) is 2.51. The van der Waals surface area contributed by atoms with Crippen molar-refractivity contribution in [2.45, 2.75) is 58.4 Å². The Labute approximate surface area is 102 Å². The Morgan fingerprint density at radius 1 is 1.25 bits per heavy atom. The lowest BCUT2D eigenvalue weighted by molar-refractivity contribution is 0.0709. The lowest BCUT2D eigenvalue weighted by Crippen LogP contribution is -2.54. The number of nitrogens with zero attached hydrogens (tertiary/aromatic N) is 1. The Hall–Kier alpha value is -0.0800. The summed E-state index contributed by atoms with van der Waals surface area (Å²) in [7, 11) is 2.25. The number of nitrogens with two attached hydrogens (primary N) is 1. The first kappa shape index (κ1) is 14.0. The van der Waals surface area contributed by atoms with Crippen molar-refractivity contribution in [2.75, 3.05) is 20.1 Å². The molecule has 0 bridgehead atoms. The maximum atomic E-state index is 5.97. The van der Waals surface area contributed by atoms with Gasteiger partial charge in [-0.05, 0) is 38.6 Å². The van der Waals surface area contributed by atoms with Crippen LogP contribution in [0.15, 0.2) is 0 Å². The number of hydrogen-bond acceptors (Lipinski definition) is 2. The molecule has 1 atom stereocenters. The van der Waals surface area contributed by atoms with Gasteiger partial charge >= 0.3 is 0 Å². The Morgan fingerprint density at radius 3 is 2.25 bits per heavy atom. The molecule has 1 fully saturated rings. The molecule has 0 saturated heterocycles. The van der Waals surface area contributed by atoms with Crippen LogP contribution >= 0.6 is 0 Å². The van der Waals surface area contributed by atoms with Gasteiger partial charge in [0.15, 0.2) is 0 Å². The van der Waals surface area contributed by atoms with Gasteiger partial charge in [-0.25, -0.2) is 0 Å². The van der Waals surface area contributed by atoms with Gasteiger partial charge in [-0.2, -0.15) is 0 Å². The van der Waals surface area contributed by atoms with Gasteiger partial charge in [-0.15, -0.1) is 0 Å². The second-order valence-corrected chi connectivity index (χ2v) is 6.10. The van der Waals surface area contributed by atoms with E-state index in [-0.39, 0.29) is 5.54 Å². The maximum Gasteiger partial charge on any atom is 0.0323 e. The molecule has 2 N–H and O–H groups in total. The summed E-state index contributed by atoms with van der Waals surface area (Å²) in [6.07, 6.45) is 7.14. The molecule has 2 nitrogen and oxygen atoms in total. The van der Waals surface area contributed by atoms with Crippen molar-refractivity contribution in [3.63, 3.8) is 0 Å². The smallest absolute Gasteiger partial charge is 0.0323 e. The van der Waals surface area contributed by atoms with E-state index in [1.165, 1.54) is 38.6 Å². The van der Waals surface area contributed by atoms with E-state index in [9.17, 15) is 0 Å². The number of rotatable bonds is 5. The molecule has 2 heteroatoms. The molecule has 0 amide bonds. The predicted octanol–water partition coefficient (Wildman–Crippen LogP) is 2.87. The molecule has 1 unspecified atom stereocenters. The molecule has 0 radical (unpaired) electrons. The van der Waals surface area contributed by atoms with Crippen molar-refractivity contribution >= 4 is 0 Å². The molecule has 0 aliphatic heterocycles. The first-order valence-corrected chi connectivity index (χ1v) is 6.92. The molecule has 1 saturated carbocycles. The lowest BCUT2D eigenvalue weighted by atomic mass is 9.84. The van der Waals surface area contributed by atoms with E-state index in [1.54, 1.807) is 0 Å². The first-order chi connectivity index (χ1) is 7.50. The van der Waals surface area contributed by atoms with Crippen molar-refractivity contribution in [2.24, 2.45) is 17.6 Å². The second-order valence-electron chi connectivity index (χ2n) is 6.10. The van der Waals surface area contributed by atoms with Gasteiger partial charge in [0.2, 0.25) is 0 Å². The Bertz CT molecular complexity index is 197. The third-order valence-electron chi connectivity index (χ3n) is 4.79. The van der Waals surface area contributed by atoms with Gasteiger partial charge in [0.1, 0.15) is 0 Å². The molecule has 0 aromatic rings. The highest BCUT2D eigenvalue weighted by Crippen LogP contribution is 2.28. The summed E-state index contributed by atoms with van der Waals surface area (Å²) >= 11 is 0. The molecule has 1 aliphatic carbocycles. The van der Waals surface area contributed by atoms with Crippen molar-refractivity contribution in [3.8, 4) is 0 Å². The normalized spacial score (nSPS) is 22.7. The average Bonchev–Trinajstić information content (AvgIpc) is 2.28. The van der Waals surface area contributed by atoms with E-state index in [2.05, 4.69) is 32.7 Å². The fourth-order valence-electron chi connectivity index (χ4n) is 2.80.